The topological polar surface area (TPSA) is 104 Å². The second-order valence-corrected chi connectivity index (χ2v) is 5.29. The van der Waals surface area contributed by atoms with Crippen molar-refractivity contribution in [3.63, 3.8) is 0 Å². The van der Waals surface area contributed by atoms with Crippen LogP contribution in [-0.4, -0.2) is 38.2 Å². The standard InChI is InChI=1S/C9H8ClN5O3S/c1-5(16)6-2-11-8(19-6)4-15(10)12-3-7(14-15)13-9(17)18/h2-3H,4H2,1H3,(H-,13,14,17,18)/p+1. The molecule has 1 aliphatic heterocycles. The van der Waals surface area contributed by atoms with Gasteiger partial charge in [0.25, 0.3) is 0 Å². The highest BCUT2D eigenvalue weighted by Crippen LogP contribution is 2.25. The van der Waals surface area contributed by atoms with Gasteiger partial charge in [0.2, 0.25) is 24.2 Å². The summed E-state index contributed by atoms with van der Waals surface area (Å²) < 4.78 is -0.611. The number of Topliss-reactive ketones (excluding diaryl/α,β-unsaturated/α-hetero) is 1. The molecule has 0 radical (unpaired) electrons. The Morgan fingerprint density at radius 3 is 2.89 bits per heavy atom. The summed E-state index contributed by atoms with van der Waals surface area (Å²) in [6.45, 7) is 1.57. The fraction of sp³-hybridized carbons (Fsp3) is 0.222. The third-order valence-electron chi connectivity index (χ3n) is 2.09. The number of carbonyl (C=O) groups is 2. The predicted octanol–water partition coefficient (Wildman–Crippen LogP) is 1.40. The molecule has 0 saturated heterocycles. The molecule has 1 unspecified atom stereocenters. The first-order valence-corrected chi connectivity index (χ1v) is 6.22. The lowest BCUT2D eigenvalue weighted by atomic mass is 10.4. The fourth-order valence-electron chi connectivity index (χ4n) is 1.32. The Kier molecular flexibility index (Phi) is 3.60. The van der Waals surface area contributed by atoms with Crippen molar-refractivity contribution in [2.45, 2.75) is 13.5 Å². The van der Waals surface area contributed by atoms with Crippen LogP contribution in [0.5, 0.6) is 0 Å². The summed E-state index contributed by atoms with van der Waals surface area (Å²) in [6, 6.07) is 0. The van der Waals surface area contributed by atoms with Crippen molar-refractivity contribution >= 4 is 47.0 Å². The van der Waals surface area contributed by atoms with E-state index in [2.05, 4.69) is 20.5 Å². The van der Waals surface area contributed by atoms with Crippen molar-refractivity contribution in [1.82, 2.24) is 10.3 Å². The van der Waals surface area contributed by atoms with E-state index in [1.54, 1.807) is 0 Å². The Labute approximate surface area is 116 Å². The SMILES string of the molecule is CC(=O)c1cnc(C[N+]2(Cl)N=CC(NC(=O)O)=N2)s1. The van der Waals surface area contributed by atoms with E-state index in [-0.39, 0.29) is 18.2 Å². The van der Waals surface area contributed by atoms with E-state index in [0.717, 1.165) is 0 Å². The zero-order valence-electron chi connectivity index (χ0n) is 9.70. The average molecular weight is 303 g/mol. The number of carboxylic acid groups (broad SMARTS) is 1. The smallest absolute Gasteiger partial charge is 0.410 e. The van der Waals surface area contributed by atoms with E-state index in [0.29, 0.717) is 9.88 Å². The van der Waals surface area contributed by atoms with Crippen LogP contribution in [0.15, 0.2) is 16.4 Å². The predicted molar refractivity (Wildman–Crippen MR) is 69.0 cm³/mol. The minimum Gasteiger partial charge on any atom is -0.465 e. The lowest BCUT2D eigenvalue weighted by molar-refractivity contribution is -0.839. The Balaban J connectivity index is 2.10. The molecule has 100 valence electrons. The van der Waals surface area contributed by atoms with Crippen LogP contribution in [0.3, 0.4) is 0 Å². The molecule has 1 aromatic rings. The molecule has 0 bridgehead atoms. The maximum Gasteiger partial charge on any atom is 0.410 e. The molecule has 0 fully saturated rings. The maximum absolute atomic E-state index is 11.1. The molecule has 1 atom stereocenters. The summed E-state index contributed by atoms with van der Waals surface area (Å²) in [4.78, 5) is 26.2. The van der Waals surface area contributed by atoms with Crippen LogP contribution in [0.2, 0.25) is 0 Å². The fourth-order valence-corrected chi connectivity index (χ4v) is 2.48. The number of nitrogens with zero attached hydrogens (tertiary/aromatic N) is 4. The Morgan fingerprint density at radius 2 is 2.32 bits per heavy atom. The van der Waals surface area contributed by atoms with Gasteiger partial charge in [-0.15, -0.1) is 11.3 Å². The van der Waals surface area contributed by atoms with Crippen LogP contribution < -0.4 is 5.32 Å². The van der Waals surface area contributed by atoms with Crippen LogP contribution in [0.4, 0.5) is 4.79 Å². The highest BCUT2D eigenvalue weighted by Gasteiger charge is 2.34. The molecule has 2 heterocycles. The van der Waals surface area contributed by atoms with Gasteiger partial charge < -0.3 is 5.11 Å². The average Bonchev–Trinajstić information content (AvgIpc) is 2.86. The number of carbonyl (C=O) groups excluding carboxylic acids is 1. The first kappa shape index (κ1) is 13.6. The lowest BCUT2D eigenvalue weighted by Gasteiger charge is -2.09. The molecule has 1 amide bonds. The minimum atomic E-state index is -1.25. The first-order valence-electron chi connectivity index (χ1n) is 5.07. The molecule has 8 nitrogen and oxygen atoms in total. The highest BCUT2D eigenvalue weighted by molar-refractivity contribution is 7.13. The van der Waals surface area contributed by atoms with E-state index in [1.165, 1.54) is 30.7 Å². The molecular formula is C9H9ClN5O3S+. The van der Waals surface area contributed by atoms with E-state index in [4.69, 9.17) is 16.9 Å². The molecule has 0 saturated carbocycles. The Morgan fingerprint density at radius 1 is 1.58 bits per heavy atom. The molecule has 2 N–H and O–H groups in total. The van der Waals surface area contributed by atoms with Gasteiger partial charge in [-0.25, -0.2) is 9.78 Å². The second kappa shape index (κ2) is 5.03. The minimum absolute atomic E-state index is 0.0471. The van der Waals surface area contributed by atoms with Crippen LogP contribution in [0.1, 0.15) is 21.6 Å². The quantitative estimate of drug-likeness (QED) is 0.650. The van der Waals surface area contributed by atoms with Crippen LogP contribution in [0, 0.1) is 0 Å². The third-order valence-corrected chi connectivity index (χ3v) is 3.46. The number of hydrogen-bond donors (Lipinski definition) is 2. The molecule has 1 aliphatic rings. The number of ketones is 1. The van der Waals surface area contributed by atoms with Gasteiger partial charge in [-0.1, -0.05) is 0 Å². The summed E-state index contributed by atoms with van der Waals surface area (Å²) >= 11 is 7.27. The lowest BCUT2D eigenvalue weighted by Crippen LogP contribution is -2.30. The zero-order chi connectivity index (χ0) is 14.0. The van der Waals surface area contributed by atoms with Gasteiger partial charge in [0, 0.05) is 17.3 Å². The first-order chi connectivity index (χ1) is 8.88. The normalized spacial score (nSPS) is 21.3. The molecule has 0 aromatic carbocycles. The Hall–Kier alpha value is -1.84. The number of quaternary nitrogens is 1. The monoisotopic (exact) mass is 302 g/mol. The van der Waals surface area contributed by atoms with Gasteiger partial charge in [0.1, 0.15) is 6.21 Å². The molecule has 10 heteroatoms. The van der Waals surface area contributed by atoms with Crippen LogP contribution in [0.25, 0.3) is 0 Å². The molecule has 0 aliphatic carbocycles. The molecule has 1 aromatic heterocycles. The number of halogens is 1. The van der Waals surface area contributed by atoms with E-state index in [9.17, 15) is 9.59 Å². The molecular weight excluding hydrogens is 294 g/mol. The van der Waals surface area contributed by atoms with Gasteiger partial charge in [-0.3, -0.25) is 10.1 Å². The van der Waals surface area contributed by atoms with Gasteiger partial charge in [-0.2, -0.15) is 0 Å². The number of amidine groups is 1. The van der Waals surface area contributed by atoms with E-state index in [1.807, 2.05) is 0 Å². The van der Waals surface area contributed by atoms with E-state index >= 15 is 0 Å². The number of rotatable bonds is 3. The molecule has 0 spiro atoms. The van der Waals surface area contributed by atoms with E-state index < -0.39 is 10.3 Å². The third kappa shape index (κ3) is 3.34. The summed E-state index contributed by atoms with van der Waals surface area (Å²) in [6.07, 6.45) is 1.44. The van der Waals surface area contributed by atoms with Crippen molar-refractivity contribution in [2.24, 2.45) is 10.2 Å². The number of nitrogens with one attached hydrogen (secondary N) is 1. The summed E-state index contributed by atoms with van der Waals surface area (Å²) in [5.74, 6) is -0.0302. The summed E-state index contributed by atoms with van der Waals surface area (Å²) in [7, 11) is 0. The number of aromatic nitrogens is 1. The van der Waals surface area contributed by atoms with Crippen molar-refractivity contribution in [2.75, 3.05) is 0 Å². The largest absolute Gasteiger partial charge is 0.465 e. The Bertz CT molecular complexity index is 598. The van der Waals surface area contributed by atoms with Crippen molar-refractivity contribution in [3.05, 3.63) is 16.1 Å². The molecule has 19 heavy (non-hydrogen) atoms. The number of hydrogen-bond acceptors (Lipinski definition) is 6. The van der Waals surface area contributed by atoms with Crippen molar-refractivity contribution in [3.8, 4) is 0 Å². The zero-order valence-corrected chi connectivity index (χ0v) is 11.3. The van der Waals surface area contributed by atoms with Crippen LogP contribution >= 0.6 is 23.1 Å². The van der Waals surface area contributed by atoms with Gasteiger partial charge >= 0.3 is 6.09 Å². The van der Waals surface area contributed by atoms with Crippen molar-refractivity contribution in [1.29, 1.82) is 0 Å². The number of amides is 1. The maximum atomic E-state index is 11.1. The van der Waals surface area contributed by atoms with Crippen molar-refractivity contribution < 1.29 is 18.9 Å². The van der Waals surface area contributed by atoms with Gasteiger partial charge in [-0.05, 0) is 10.2 Å². The summed E-state index contributed by atoms with van der Waals surface area (Å²) in [5, 5.41) is 19.0. The van der Waals surface area contributed by atoms with Crippen LogP contribution in [-0.2, 0) is 6.54 Å². The highest BCUT2D eigenvalue weighted by atomic mass is 35.5. The van der Waals surface area contributed by atoms with Gasteiger partial charge in [0.15, 0.2) is 10.8 Å². The second-order valence-electron chi connectivity index (χ2n) is 3.64. The summed E-state index contributed by atoms with van der Waals surface area (Å²) in [5.41, 5.74) is 0. The molecule has 2 rings (SSSR count). The number of thiazole rings is 1. The van der Waals surface area contributed by atoms with Gasteiger partial charge in [0.05, 0.1) is 4.88 Å².